The summed E-state index contributed by atoms with van der Waals surface area (Å²) in [5.74, 6) is 0.810. The molecule has 0 radical (unpaired) electrons. The zero-order valence-electron chi connectivity index (χ0n) is 18.0. The highest BCUT2D eigenvalue weighted by atomic mass is 16.5. The molecule has 1 atom stereocenters. The molecule has 1 aliphatic heterocycles. The number of hydrogen-bond donors (Lipinski definition) is 2. The summed E-state index contributed by atoms with van der Waals surface area (Å²) < 4.78 is 5.88. The second kappa shape index (κ2) is 10.7. The molecule has 2 heterocycles. The van der Waals surface area contributed by atoms with Crippen molar-refractivity contribution in [2.24, 2.45) is 0 Å². The minimum Gasteiger partial charge on any atom is -0.491 e. The van der Waals surface area contributed by atoms with E-state index >= 15 is 0 Å². The Morgan fingerprint density at radius 1 is 1.21 bits per heavy atom. The SMILES string of the molecule is CCN1CCN(CC(O)COc2cccc(CN(C)Cc3cn[nH]c3C)c2)CC1. The lowest BCUT2D eigenvalue weighted by Gasteiger charge is -2.34. The van der Waals surface area contributed by atoms with Crippen LogP contribution in [0.2, 0.25) is 0 Å². The highest BCUT2D eigenvalue weighted by Crippen LogP contribution is 2.16. The molecule has 2 N–H and O–H groups in total. The third-order valence-electron chi connectivity index (χ3n) is 5.55. The number of aromatic nitrogens is 2. The van der Waals surface area contributed by atoms with Crippen LogP contribution in [0.1, 0.15) is 23.7 Å². The van der Waals surface area contributed by atoms with Gasteiger partial charge in [0.15, 0.2) is 0 Å². The molecule has 0 aliphatic carbocycles. The molecule has 1 saturated heterocycles. The second-order valence-corrected chi connectivity index (χ2v) is 8.04. The molecule has 1 aromatic carbocycles. The molecule has 7 heteroatoms. The molecule has 160 valence electrons. The van der Waals surface area contributed by atoms with E-state index in [2.05, 4.69) is 51.0 Å². The number of rotatable bonds is 10. The predicted octanol–water partition coefficient (Wildman–Crippen LogP) is 1.73. The first-order valence-electron chi connectivity index (χ1n) is 10.6. The maximum absolute atomic E-state index is 10.4. The van der Waals surface area contributed by atoms with Crippen molar-refractivity contribution in [3.63, 3.8) is 0 Å². The summed E-state index contributed by atoms with van der Waals surface area (Å²) in [6, 6.07) is 8.13. The van der Waals surface area contributed by atoms with E-state index in [1.54, 1.807) is 0 Å². The van der Waals surface area contributed by atoms with Crippen LogP contribution >= 0.6 is 0 Å². The lowest BCUT2D eigenvalue weighted by molar-refractivity contribution is 0.0470. The van der Waals surface area contributed by atoms with Crippen molar-refractivity contribution in [3.8, 4) is 5.75 Å². The van der Waals surface area contributed by atoms with Gasteiger partial charge in [0.25, 0.3) is 0 Å². The van der Waals surface area contributed by atoms with Gasteiger partial charge in [-0.25, -0.2) is 0 Å². The number of β-amino-alcohol motifs (C(OH)–C–C–N with tert-alkyl or cyclic N) is 1. The van der Waals surface area contributed by atoms with Crippen molar-refractivity contribution in [1.82, 2.24) is 24.9 Å². The van der Waals surface area contributed by atoms with Crippen molar-refractivity contribution in [2.75, 3.05) is 52.9 Å². The van der Waals surface area contributed by atoms with E-state index < -0.39 is 6.10 Å². The molecule has 1 aliphatic rings. The van der Waals surface area contributed by atoms with Gasteiger partial charge in [-0.05, 0) is 38.2 Å². The molecule has 1 unspecified atom stereocenters. The van der Waals surface area contributed by atoms with Gasteiger partial charge in [0, 0.05) is 57.1 Å². The molecule has 3 rings (SSSR count). The van der Waals surface area contributed by atoms with Gasteiger partial charge in [0.05, 0.1) is 6.20 Å². The van der Waals surface area contributed by atoms with Crippen LogP contribution < -0.4 is 4.74 Å². The summed E-state index contributed by atoms with van der Waals surface area (Å²) in [5.41, 5.74) is 3.51. The zero-order chi connectivity index (χ0) is 20.6. The van der Waals surface area contributed by atoms with E-state index in [0.717, 1.165) is 57.3 Å². The molecule has 0 amide bonds. The highest BCUT2D eigenvalue weighted by Gasteiger charge is 2.18. The van der Waals surface area contributed by atoms with Crippen molar-refractivity contribution < 1.29 is 9.84 Å². The Morgan fingerprint density at radius 2 is 1.97 bits per heavy atom. The Balaban J connectivity index is 1.42. The number of nitrogens with one attached hydrogen (secondary N) is 1. The quantitative estimate of drug-likeness (QED) is 0.632. The molecule has 2 aromatic rings. The summed E-state index contributed by atoms with van der Waals surface area (Å²) in [7, 11) is 2.10. The molecular weight excluding hydrogens is 366 g/mol. The minimum atomic E-state index is -0.474. The highest BCUT2D eigenvalue weighted by molar-refractivity contribution is 5.28. The van der Waals surface area contributed by atoms with Crippen LogP contribution in [0.3, 0.4) is 0 Å². The number of ether oxygens (including phenoxy) is 1. The fraction of sp³-hybridized carbons (Fsp3) is 0.591. The van der Waals surface area contributed by atoms with E-state index in [0.29, 0.717) is 13.2 Å². The third kappa shape index (κ3) is 6.82. The lowest BCUT2D eigenvalue weighted by Crippen LogP contribution is -2.49. The lowest BCUT2D eigenvalue weighted by atomic mass is 10.2. The van der Waals surface area contributed by atoms with Gasteiger partial charge >= 0.3 is 0 Å². The third-order valence-corrected chi connectivity index (χ3v) is 5.55. The van der Waals surface area contributed by atoms with Crippen LogP contribution in [0.5, 0.6) is 5.75 Å². The van der Waals surface area contributed by atoms with E-state index in [4.69, 9.17) is 4.74 Å². The fourth-order valence-electron chi connectivity index (χ4n) is 3.76. The maximum atomic E-state index is 10.4. The summed E-state index contributed by atoms with van der Waals surface area (Å²) in [6.07, 6.45) is 1.41. The van der Waals surface area contributed by atoms with Crippen LogP contribution in [0.25, 0.3) is 0 Å². The van der Waals surface area contributed by atoms with Gasteiger partial charge in [-0.3, -0.25) is 14.9 Å². The van der Waals surface area contributed by atoms with Gasteiger partial charge in [0.2, 0.25) is 0 Å². The number of aryl methyl sites for hydroxylation is 1. The predicted molar refractivity (Wildman–Crippen MR) is 115 cm³/mol. The first-order chi connectivity index (χ1) is 14.0. The van der Waals surface area contributed by atoms with Crippen molar-refractivity contribution >= 4 is 0 Å². The molecular formula is C22H35N5O2. The van der Waals surface area contributed by atoms with Gasteiger partial charge < -0.3 is 14.7 Å². The number of aliphatic hydroxyl groups excluding tert-OH is 1. The zero-order valence-corrected chi connectivity index (χ0v) is 18.0. The van der Waals surface area contributed by atoms with Crippen LogP contribution in [0, 0.1) is 6.92 Å². The number of H-pyrrole nitrogens is 1. The molecule has 0 bridgehead atoms. The van der Waals surface area contributed by atoms with Crippen molar-refractivity contribution in [2.45, 2.75) is 33.0 Å². The van der Waals surface area contributed by atoms with E-state index in [9.17, 15) is 5.11 Å². The van der Waals surface area contributed by atoms with Crippen LogP contribution in [-0.2, 0) is 13.1 Å². The summed E-state index contributed by atoms with van der Waals surface area (Å²) >= 11 is 0. The van der Waals surface area contributed by atoms with Gasteiger partial charge in [-0.2, -0.15) is 5.10 Å². The van der Waals surface area contributed by atoms with Crippen molar-refractivity contribution in [3.05, 3.63) is 47.3 Å². The average molecular weight is 402 g/mol. The Morgan fingerprint density at radius 3 is 2.66 bits per heavy atom. The minimum absolute atomic E-state index is 0.321. The smallest absolute Gasteiger partial charge is 0.119 e. The molecule has 7 nitrogen and oxygen atoms in total. The Hall–Kier alpha value is -1.93. The number of hydrogen-bond acceptors (Lipinski definition) is 6. The normalized spacial score (nSPS) is 17.0. The number of piperazine rings is 1. The van der Waals surface area contributed by atoms with Crippen LogP contribution in [-0.4, -0.2) is 89.0 Å². The molecule has 29 heavy (non-hydrogen) atoms. The number of aromatic amines is 1. The largest absolute Gasteiger partial charge is 0.491 e. The van der Waals surface area contributed by atoms with Gasteiger partial charge in [-0.1, -0.05) is 19.1 Å². The van der Waals surface area contributed by atoms with E-state index in [1.165, 1.54) is 11.1 Å². The second-order valence-electron chi connectivity index (χ2n) is 8.04. The van der Waals surface area contributed by atoms with E-state index in [-0.39, 0.29) is 0 Å². The molecule has 1 aromatic heterocycles. The topological polar surface area (TPSA) is 67.9 Å². The number of benzene rings is 1. The standard InChI is InChI=1S/C22H35N5O2/c1-4-26-8-10-27(11-9-26)16-21(28)17-29-22-7-5-6-19(12-22)14-25(3)15-20-13-23-24-18(20)2/h5-7,12-13,21,28H,4,8-11,14-17H2,1-3H3,(H,23,24). The van der Waals surface area contributed by atoms with Gasteiger partial charge in [-0.15, -0.1) is 0 Å². The Labute approximate surface area is 174 Å². The Bertz CT molecular complexity index is 742. The summed E-state index contributed by atoms with van der Waals surface area (Å²) in [4.78, 5) is 7.01. The maximum Gasteiger partial charge on any atom is 0.119 e. The summed E-state index contributed by atoms with van der Waals surface area (Å²) in [6.45, 7) is 12.2. The molecule has 1 fully saturated rings. The van der Waals surface area contributed by atoms with Crippen LogP contribution in [0.15, 0.2) is 30.5 Å². The Kier molecular flexibility index (Phi) is 8.06. The van der Waals surface area contributed by atoms with Crippen LogP contribution in [0.4, 0.5) is 0 Å². The number of nitrogens with zero attached hydrogens (tertiary/aromatic N) is 4. The average Bonchev–Trinajstić information content (AvgIpc) is 3.11. The molecule has 0 spiro atoms. The summed E-state index contributed by atoms with van der Waals surface area (Å²) in [5, 5.41) is 17.4. The first kappa shape index (κ1) is 21.8. The van der Waals surface area contributed by atoms with Gasteiger partial charge in [0.1, 0.15) is 18.5 Å². The number of likely N-dealkylation sites (N-methyl/N-ethyl adjacent to an activating group) is 1. The first-order valence-corrected chi connectivity index (χ1v) is 10.6. The monoisotopic (exact) mass is 401 g/mol. The fourth-order valence-corrected chi connectivity index (χ4v) is 3.76. The van der Waals surface area contributed by atoms with E-state index in [1.807, 2.05) is 25.3 Å². The van der Waals surface area contributed by atoms with Crippen molar-refractivity contribution in [1.29, 1.82) is 0 Å². The molecule has 0 saturated carbocycles. The number of aliphatic hydroxyl groups is 1.